The van der Waals surface area contributed by atoms with Crippen LogP contribution in [0.4, 0.5) is 0 Å². The molecule has 0 saturated carbocycles. The Balaban J connectivity index is 1.94. The summed E-state index contributed by atoms with van der Waals surface area (Å²) in [6.45, 7) is 11.3. The molecule has 0 aromatic heterocycles. The molecule has 0 spiro atoms. The topological polar surface area (TPSA) is 3.24 Å². The van der Waals surface area contributed by atoms with Crippen molar-refractivity contribution in [1.82, 2.24) is 4.90 Å². The minimum Gasteiger partial charge on any atom is -0.298 e. The predicted octanol–water partition coefficient (Wildman–Crippen LogP) is 3.64. The minimum absolute atomic E-state index is 0.602. The molecule has 1 heteroatoms. The number of piperidine rings is 1. The summed E-state index contributed by atoms with van der Waals surface area (Å²) in [4.78, 5) is 2.53. The molecule has 1 unspecified atom stereocenters. The van der Waals surface area contributed by atoms with Gasteiger partial charge in [-0.05, 0) is 24.3 Å². The van der Waals surface area contributed by atoms with Crippen LogP contribution in [0.5, 0.6) is 0 Å². The summed E-state index contributed by atoms with van der Waals surface area (Å²) in [7, 11) is 0. The largest absolute Gasteiger partial charge is 0.298 e. The van der Waals surface area contributed by atoms with E-state index in [2.05, 4.69) is 48.4 Å². The van der Waals surface area contributed by atoms with Gasteiger partial charge in [0, 0.05) is 19.6 Å². The number of likely N-dealkylation sites (tertiary alicyclic amines) is 1. The van der Waals surface area contributed by atoms with Gasteiger partial charge in [-0.1, -0.05) is 48.6 Å². The van der Waals surface area contributed by atoms with E-state index in [4.69, 9.17) is 0 Å². The van der Waals surface area contributed by atoms with E-state index in [9.17, 15) is 0 Å². The van der Waals surface area contributed by atoms with Gasteiger partial charge < -0.3 is 0 Å². The highest BCUT2D eigenvalue weighted by atomic mass is 15.1. The number of allylic oxidation sites excluding steroid dienone is 1. The lowest BCUT2D eigenvalue weighted by atomic mass is 9.90. The van der Waals surface area contributed by atoms with Crippen LogP contribution in [0.3, 0.4) is 0 Å². The maximum absolute atomic E-state index is 4.18. The van der Waals surface area contributed by atoms with Crippen molar-refractivity contribution in [2.45, 2.75) is 19.4 Å². The summed E-state index contributed by atoms with van der Waals surface area (Å²) in [6.07, 6.45) is 4.21. The molecule has 1 atom stereocenters. The van der Waals surface area contributed by atoms with Crippen LogP contribution in [-0.4, -0.2) is 18.0 Å². The van der Waals surface area contributed by atoms with Crippen molar-refractivity contribution in [1.29, 1.82) is 0 Å². The van der Waals surface area contributed by atoms with Gasteiger partial charge in [0.2, 0.25) is 0 Å². The summed E-state index contributed by atoms with van der Waals surface area (Å²) in [5.74, 6) is 0.602. The molecule has 17 heavy (non-hydrogen) atoms. The summed E-state index contributed by atoms with van der Waals surface area (Å²) < 4.78 is 0. The van der Waals surface area contributed by atoms with Gasteiger partial charge in [0.1, 0.15) is 0 Å². The van der Waals surface area contributed by atoms with Gasteiger partial charge in [-0.15, -0.1) is 6.58 Å². The Hall–Kier alpha value is -1.34. The van der Waals surface area contributed by atoms with Crippen LogP contribution < -0.4 is 0 Å². The molecule has 0 radical (unpaired) electrons. The second kappa shape index (κ2) is 5.83. The molecule has 0 N–H and O–H groups in total. The number of hydrogen-bond acceptors (Lipinski definition) is 1. The fourth-order valence-electron chi connectivity index (χ4n) is 2.47. The Morgan fingerprint density at radius 2 is 2.06 bits per heavy atom. The van der Waals surface area contributed by atoms with Gasteiger partial charge in [0.05, 0.1) is 0 Å². The molecule has 1 saturated heterocycles. The molecule has 0 bridgehead atoms. The van der Waals surface area contributed by atoms with Crippen LogP contribution in [0.2, 0.25) is 0 Å². The quantitative estimate of drug-likeness (QED) is 0.710. The summed E-state index contributed by atoms with van der Waals surface area (Å²) in [5, 5.41) is 0. The van der Waals surface area contributed by atoms with Gasteiger partial charge in [-0.2, -0.15) is 0 Å². The van der Waals surface area contributed by atoms with Crippen LogP contribution >= 0.6 is 0 Å². The van der Waals surface area contributed by atoms with Gasteiger partial charge in [0.25, 0.3) is 0 Å². The molecule has 1 aliphatic heterocycles. The Morgan fingerprint density at radius 3 is 2.76 bits per heavy atom. The number of rotatable bonds is 4. The molecule has 1 aliphatic rings. The number of hydrogen-bond donors (Lipinski definition) is 0. The van der Waals surface area contributed by atoms with Gasteiger partial charge >= 0.3 is 0 Å². The predicted molar refractivity (Wildman–Crippen MR) is 73.8 cm³/mol. The monoisotopic (exact) mass is 227 g/mol. The first-order valence-corrected chi connectivity index (χ1v) is 6.34. The van der Waals surface area contributed by atoms with E-state index in [1.807, 2.05) is 6.08 Å². The normalized spacial score (nSPS) is 21.4. The first kappa shape index (κ1) is 12.1. The highest BCUT2D eigenvalue weighted by Crippen LogP contribution is 2.25. The Labute approximate surface area is 104 Å². The molecule has 0 aliphatic carbocycles. The zero-order valence-corrected chi connectivity index (χ0v) is 10.4. The maximum Gasteiger partial charge on any atom is 0.0234 e. The van der Waals surface area contributed by atoms with Gasteiger partial charge in [0.15, 0.2) is 0 Å². The van der Waals surface area contributed by atoms with E-state index in [1.165, 1.54) is 11.1 Å². The third-order valence-electron chi connectivity index (χ3n) is 3.51. The Bertz CT molecular complexity index is 380. The molecule has 1 heterocycles. The van der Waals surface area contributed by atoms with Crippen LogP contribution in [0, 0.1) is 5.92 Å². The maximum atomic E-state index is 4.18. The van der Waals surface area contributed by atoms with Crippen molar-refractivity contribution >= 4 is 0 Å². The average Bonchev–Trinajstić information content (AvgIpc) is 2.35. The van der Waals surface area contributed by atoms with E-state index in [1.54, 1.807) is 0 Å². The van der Waals surface area contributed by atoms with E-state index in [-0.39, 0.29) is 0 Å². The second-order valence-corrected chi connectivity index (χ2v) is 4.85. The fraction of sp³-hybridized carbons (Fsp3) is 0.375. The standard InChI is InChI=1S/C16H21N/c1-3-7-16-13-17(11-10-14(16)2)12-15-8-5-4-6-9-15/h3-6,8-9,16H,1-2,7,10-13H2. The molecular weight excluding hydrogens is 206 g/mol. The van der Waals surface area contributed by atoms with E-state index >= 15 is 0 Å². The zero-order valence-electron chi connectivity index (χ0n) is 10.4. The molecule has 1 fully saturated rings. The van der Waals surface area contributed by atoms with Crippen molar-refractivity contribution in [3.05, 3.63) is 60.7 Å². The third kappa shape index (κ3) is 3.31. The van der Waals surface area contributed by atoms with Gasteiger partial charge in [-0.25, -0.2) is 0 Å². The molecule has 90 valence electrons. The second-order valence-electron chi connectivity index (χ2n) is 4.85. The first-order valence-electron chi connectivity index (χ1n) is 6.34. The van der Waals surface area contributed by atoms with Crippen LogP contribution in [0.15, 0.2) is 55.1 Å². The number of nitrogens with zero attached hydrogens (tertiary/aromatic N) is 1. The molecule has 0 amide bonds. The zero-order chi connectivity index (χ0) is 12.1. The Morgan fingerprint density at radius 1 is 1.29 bits per heavy atom. The highest BCUT2D eigenvalue weighted by Gasteiger charge is 2.21. The fourth-order valence-corrected chi connectivity index (χ4v) is 2.47. The van der Waals surface area contributed by atoms with Crippen molar-refractivity contribution in [2.24, 2.45) is 5.92 Å². The minimum atomic E-state index is 0.602. The van der Waals surface area contributed by atoms with Crippen molar-refractivity contribution in [3.8, 4) is 0 Å². The van der Waals surface area contributed by atoms with E-state index < -0.39 is 0 Å². The first-order chi connectivity index (χ1) is 8.29. The lowest BCUT2D eigenvalue weighted by Crippen LogP contribution is -2.35. The number of benzene rings is 1. The third-order valence-corrected chi connectivity index (χ3v) is 3.51. The summed E-state index contributed by atoms with van der Waals surface area (Å²) in [5.41, 5.74) is 2.80. The summed E-state index contributed by atoms with van der Waals surface area (Å²) in [6, 6.07) is 10.7. The van der Waals surface area contributed by atoms with Gasteiger partial charge in [-0.3, -0.25) is 4.90 Å². The van der Waals surface area contributed by atoms with Crippen molar-refractivity contribution in [2.75, 3.05) is 13.1 Å². The van der Waals surface area contributed by atoms with Crippen LogP contribution in [0.1, 0.15) is 18.4 Å². The average molecular weight is 227 g/mol. The molecule has 1 aromatic rings. The SMILES string of the molecule is C=CCC1CN(Cc2ccccc2)CCC1=C. The summed E-state index contributed by atoms with van der Waals surface area (Å²) >= 11 is 0. The van der Waals surface area contributed by atoms with Crippen molar-refractivity contribution < 1.29 is 0 Å². The highest BCUT2D eigenvalue weighted by molar-refractivity contribution is 5.15. The smallest absolute Gasteiger partial charge is 0.0234 e. The molecule has 1 aromatic carbocycles. The lowest BCUT2D eigenvalue weighted by molar-refractivity contribution is 0.207. The molecular formula is C16H21N. The Kier molecular flexibility index (Phi) is 4.16. The molecule has 1 nitrogen and oxygen atoms in total. The van der Waals surface area contributed by atoms with E-state index in [0.29, 0.717) is 5.92 Å². The van der Waals surface area contributed by atoms with E-state index in [0.717, 1.165) is 32.5 Å². The van der Waals surface area contributed by atoms with Crippen molar-refractivity contribution in [3.63, 3.8) is 0 Å². The lowest BCUT2D eigenvalue weighted by Gasteiger charge is -2.34. The van der Waals surface area contributed by atoms with Crippen LogP contribution in [-0.2, 0) is 6.54 Å². The molecule has 2 rings (SSSR count). The van der Waals surface area contributed by atoms with Crippen LogP contribution in [0.25, 0.3) is 0 Å².